The third kappa shape index (κ3) is 5.71. The van der Waals surface area contributed by atoms with Gasteiger partial charge in [-0.15, -0.1) is 0 Å². The SMILES string of the molecule is COCCCCC(OC(=O)c1cc[c]cc1F)C(F)(F)F. The Morgan fingerprint density at radius 1 is 1.38 bits per heavy atom. The van der Waals surface area contributed by atoms with E-state index in [-0.39, 0.29) is 12.8 Å². The van der Waals surface area contributed by atoms with Gasteiger partial charge in [0, 0.05) is 13.7 Å². The summed E-state index contributed by atoms with van der Waals surface area (Å²) in [7, 11) is 1.44. The molecule has 0 heterocycles. The van der Waals surface area contributed by atoms with E-state index in [4.69, 9.17) is 4.74 Å². The van der Waals surface area contributed by atoms with Crippen LogP contribution in [0.3, 0.4) is 0 Å². The predicted octanol–water partition coefficient (Wildman–Crippen LogP) is 3.53. The Hall–Kier alpha value is -1.63. The fourth-order valence-electron chi connectivity index (χ4n) is 1.63. The van der Waals surface area contributed by atoms with Crippen LogP contribution in [0.5, 0.6) is 0 Å². The van der Waals surface area contributed by atoms with Crippen molar-refractivity contribution in [1.82, 2.24) is 0 Å². The van der Waals surface area contributed by atoms with Crippen molar-refractivity contribution in [3.05, 3.63) is 35.6 Å². The maximum atomic E-state index is 13.3. The Labute approximate surface area is 119 Å². The summed E-state index contributed by atoms with van der Waals surface area (Å²) in [5.74, 6) is -2.31. The summed E-state index contributed by atoms with van der Waals surface area (Å²) in [6, 6.07) is 5.47. The van der Waals surface area contributed by atoms with Crippen LogP contribution >= 0.6 is 0 Å². The Morgan fingerprint density at radius 2 is 2.10 bits per heavy atom. The van der Waals surface area contributed by atoms with Crippen LogP contribution in [0.2, 0.25) is 0 Å². The molecule has 1 aromatic carbocycles. The first-order chi connectivity index (χ1) is 9.86. The molecule has 3 nitrogen and oxygen atoms in total. The van der Waals surface area contributed by atoms with Crippen LogP contribution in [-0.2, 0) is 9.47 Å². The Kier molecular flexibility index (Phi) is 6.61. The fraction of sp³-hybridized carbons (Fsp3) is 0.500. The standard InChI is InChI=1S/C14H15F4O3/c1-20-9-5-4-8-12(14(16,17)18)21-13(19)10-6-2-3-7-11(10)15/h2,6-7,12H,4-5,8-9H2,1H3. The number of unbranched alkanes of at least 4 members (excludes halogenated alkanes) is 1. The van der Waals surface area contributed by atoms with Gasteiger partial charge in [-0.25, -0.2) is 9.18 Å². The van der Waals surface area contributed by atoms with E-state index in [1.165, 1.54) is 13.2 Å². The zero-order valence-electron chi connectivity index (χ0n) is 11.4. The van der Waals surface area contributed by atoms with Gasteiger partial charge in [0.05, 0.1) is 5.56 Å². The number of rotatable bonds is 7. The van der Waals surface area contributed by atoms with Crippen LogP contribution < -0.4 is 0 Å². The van der Waals surface area contributed by atoms with E-state index in [0.717, 1.165) is 12.1 Å². The van der Waals surface area contributed by atoms with Gasteiger partial charge in [-0.05, 0) is 37.5 Å². The van der Waals surface area contributed by atoms with E-state index in [1.807, 2.05) is 0 Å². The smallest absolute Gasteiger partial charge is 0.425 e. The lowest BCUT2D eigenvalue weighted by atomic mass is 10.1. The lowest BCUT2D eigenvalue weighted by Gasteiger charge is -2.20. The molecule has 0 amide bonds. The van der Waals surface area contributed by atoms with Gasteiger partial charge in [0.2, 0.25) is 0 Å². The number of carbonyl (C=O) groups is 1. The normalized spacial score (nSPS) is 13.0. The summed E-state index contributed by atoms with van der Waals surface area (Å²) in [6.07, 6.45) is -6.75. The number of carbonyl (C=O) groups excluding carboxylic acids is 1. The molecule has 0 bridgehead atoms. The highest BCUT2D eigenvalue weighted by atomic mass is 19.4. The highest BCUT2D eigenvalue weighted by Gasteiger charge is 2.42. The van der Waals surface area contributed by atoms with Gasteiger partial charge in [-0.2, -0.15) is 13.2 Å². The molecule has 0 aliphatic heterocycles. The van der Waals surface area contributed by atoms with Crippen LogP contribution in [0.15, 0.2) is 18.2 Å². The number of methoxy groups -OCH3 is 1. The third-order valence-corrected chi connectivity index (χ3v) is 2.71. The first-order valence-corrected chi connectivity index (χ1v) is 6.28. The molecular weight excluding hydrogens is 292 g/mol. The van der Waals surface area contributed by atoms with Gasteiger partial charge in [-0.3, -0.25) is 0 Å². The molecule has 0 spiro atoms. The summed E-state index contributed by atoms with van der Waals surface area (Å²) in [4.78, 5) is 11.6. The van der Waals surface area contributed by atoms with E-state index in [1.54, 1.807) is 0 Å². The Balaban J connectivity index is 2.68. The molecule has 0 aliphatic carbocycles. The third-order valence-electron chi connectivity index (χ3n) is 2.71. The molecule has 0 saturated carbocycles. The van der Waals surface area contributed by atoms with Gasteiger partial charge in [0.15, 0.2) is 6.10 Å². The number of hydrogen-bond donors (Lipinski definition) is 0. The van der Waals surface area contributed by atoms with Crippen molar-refractivity contribution >= 4 is 5.97 Å². The summed E-state index contributed by atoms with van der Waals surface area (Å²) < 4.78 is 60.8. The van der Waals surface area contributed by atoms with Crippen molar-refractivity contribution in [1.29, 1.82) is 0 Å². The average Bonchev–Trinajstić information content (AvgIpc) is 2.41. The number of benzene rings is 1. The first-order valence-electron chi connectivity index (χ1n) is 6.28. The summed E-state index contributed by atoms with van der Waals surface area (Å²) in [6.45, 7) is 0.321. The summed E-state index contributed by atoms with van der Waals surface area (Å²) >= 11 is 0. The van der Waals surface area contributed by atoms with Crippen LogP contribution in [0, 0.1) is 11.9 Å². The molecule has 21 heavy (non-hydrogen) atoms. The largest absolute Gasteiger partial charge is 0.449 e. The maximum Gasteiger partial charge on any atom is 0.425 e. The molecule has 0 aliphatic rings. The first kappa shape index (κ1) is 17.4. The molecular formula is C14H15F4O3. The monoisotopic (exact) mass is 307 g/mol. The molecule has 1 aromatic rings. The molecule has 1 atom stereocenters. The molecule has 117 valence electrons. The second-order valence-electron chi connectivity index (χ2n) is 4.33. The van der Waals surface area contributed by atoms with Crippen molar-refractivity contribution in [2.45, 2.75) is 31.5 Å². The summed E-state index contributed by atoms with van der Waals surface area (Å²) in [5.41, 5.74) is -0.542. The predicted molar refractivity (Wildman–Crippen MR) is 66.2 cm³/mol. The molecule has 7 heteroatoms. The average molecular weight is 307 g/mol. The van der Waals surface area contributed by atoms with Gasteiger partial charge < -0.3 is 9.47 Å². The van der Waals surface area contributed by atoms with Gasteiger partial charge >= 0.3 is 12.1 Å². The Morgan fingerprint density at radius 3 is 2.67 bits per heavy atom. The molecule has 0 saturated heterocycles. The van der Waals surface area contributed by atoms with Gasteiger partial charge in [0.25, 0.3) is 0 Å². The van der Waals surface area contributed by atoms with E-state index in [9.17, 15) is 22.4 Å². The number of ether oxygens (including phenoxy) is 2. The number of hydrogen-bond acceptors (Lipinski definition) is 3. The second-order valence-corrected chi connectivity index (χ2v) is 4.33. The molecule has 0 fully saturated rings. The van der Waals surface area contributed by atoms with Crippen LogP contribution in [0.25, 0.3) is 0 Å². The second kappa shape index (κ2) is 7.97. The molecule has 1 rings (SSSR count). The molecule has 1 radical (unpaired) electrons. The summed E-state index contributed by atoms with van der Waals surface area (Å²) in [5, 5.41) is 0. The minimum atomic E-state index is -4.69. The fourth-order valence-corrected chi connectivity index (χ4v) is 1.63. The van der Waals surface area contributed by atoms with E-state index in [2.05, 4.69) is 10.8 Å². The molecule has 1 unspecified atom stereocenters. The lowest BCUT2D eigenvalue weighted by molar-refractivity contribution is -0.206. The number of halogens is 4. The number of esters is 1. The van der Waals surface area contributed by atoms with Crippen LogP contribution in [-0.4, -0.2) is 32.0 Å². The van der Waals surface area contributed by atoms with Gasteiger partial charge in [0.1, 0.15) is 5.82 Å². The minimum Gasteiger partial charge on any atom is -0.449 e. The highest BCUT2D eigenvalue weighted by Crippen LogP contribution is 2.28. The van der Waals surface area contributed by atoms with Crippen LogP contribution in [0.4, 0.5) is 17.6 Å². The van der Waals surface area contributed by atoms with Crippen molar-refractivity contribution < 1.29 is 31.8 Å². The van der Waals surface area contributed by atoms with Crippen molar-refractivity contribution in [3.8, 4) is 0 Å². The minimum absolute atomic E-state index is 0.177. The zero-order chi connectivity index (χ0) is 15.9. The lowest BCUT2D eigenvalue weighted by Crippen LogP contribution is -2.34. The topological polar surface area (TPSA) is 35.5 Å². The highest BCUT2D eigenvalue weighted by molar-refractivity contribution is 5.89. The quantitative estimate of drug-likeness (QED) is 0.439. The van der Waals surface area contributed by atoms with E-state index in [0.29, 0.717) is 13.0 Å². The zero-order valence-corrected chi connectivity index (χ0v) is 11.4. The van der Waals surface area contributed by atoms with E-state index >= 15 is 0 Å². The van der Waals surface area contributed by atoms with Crippen LogP contribution in [0.1, 0.15) is 29.6 Å². The maximum absolute atomic E-state index is 13.3. The molecule has 0 aromatic heterocycles. The van der Waals surface area contributed by atoms with Crippen molar-refractivity contribution in [2.75, 3.05) is 13.7 Å². The Bertz CT molecular complexity index is 460. The van der Waals surface area contributed by atoms with Gasteiger partial charge in [-0.1, -0.05) is 6.07 Å². The van der Waals surface area contributed by atoms with Crippen molar-refractivity contribution in [2.24, 2.45) is 0 Å². The van der Waals surface area contributed by atoms with Crippen molar-refractivity contribution in [3.63, 3.8) is 0 Å². The number of alkyl halides is 3. The molecule has 0 N–H and O–H groups in total. The van der Waals surface area contributed by atoms with E-state index < -0.39 is 29.6 Å².